The van der Waals surface area contributed by atoms with Crippen molar-refractivity contribution in [1.29, 1.82) is 0 Å². The zero-order valence-corrected chi connectivity index (χ0v) is 4.71. The molecule has 0 aromatic carbocycles. The summed E-state index contributed by atoms with van der Waals surface area (Å²) in [6.07, 6.45) is 0. The van der Waals surface area contributed by atoms with Crippen molar-refractivity contribution >= 4 is 11.9 Å². The number of carbonyl (C=O) groups excluding carboxylic acids is 1. The summed E-state index contributed by atoms with van der Waals surface area (Å²) in [5.41, 5.74) is 0. The molecule has 0 bridgehead atoms. The van der Waals surface area contributed by atoms with Gasteiger partial charge in [-0.05, 0) is 13.7 Å². The standard InChI is InChI=1S/C6H11NO3/c1-3-7(4-2)5(8)6(9)10/h3-4H2,1-2H3,(H,9,10)/i1D3,2D3,3D2,4D2. The fourth-order valence-electron chi connectivity index (χ4n) is 0.225. The summed E-state index contributed by atoms with van der Waals surface area (Å²) in [6.45, 7) is -15.0. The highest BCUT2D eigenvalue weighted by atomic mass is 16.4. The predicted molar refractivity (Wildman–Crippen MR) is 35.6 cm³/mol. The van der Waals surface area contributed by atoms with Gasteiger partial charge in [-0.2, -0.15) is 0 Å². The highest BCUT2D eigenvalue weighted by molar-refractivity contribution is 6.31. The number of rotatable bonds is 2. The van der Waals surface area contributed by atoms with Gasteiger partial charge < -0.3 is 10.0 Å². The minimum Gasteiger partial charge on any atom is -0.474 e. The van der Waals surface area contributed by atoms with Crippen molar-refractivity contribution in [3.63, 3.8) is 0 Å². The number of nitrogens with zero attached hydrogens (tertiary/aromatic N) is 1. The van der Waals surface area contributed by atoms with E-state index in [2.05, 4.69) is 0 Å². The summed E-state index contributed by atoms with van der Waals surface area (Å²) in [4.78, 5) is 21.1. The van der Waals surface area contributed by atoms with Crippen molar-refractivity contribution in [3.8, 4) is 0 Å². The van der Waals surface area contributed by atoms with Gasteiger partial charge in [-0.1, -0.05) is 0 Å². The number of hydrogen-bond donors (Lipinski definition) is 1. The smallest absolute Gasteiger partial charge is 0.394 e. The minimum atomic E-state index is -3.83. The van der Waals surface area contributed by atoms with Crippen LogP contribution in [0.5, 0.6) is 0 Å². The van der Waals surface area contributed by atoms with Gasteiger partial charge >= 0.3 is 11.9 Å². The van der Waals surface area contributed by atoms with Crippen LogP contribution in [0.3, 0.4) is 0 Å². The van der Waals surface area contributed by atoms with Crippen molar-refractivity contribution in [1.82, 2.24) is 4.90 Å². The van der Waals surface area contributed by atoms with Crippen LogP contribution in [0.15, 0.2) is 0 Å². The largest absolute Gasteiger partial charge is 0.474 e. The maximum absolute atomic E-state index is 11.4. The molecule has 10 heavy (non-hydrogen) atoms. The lowest BCUT2D eigenvalue weighted by Crippen LogP contribution is -2.35. The van der Waals surface area contributed by atoms with E-state index in [4.69, 9.17) is 18.8 Å². The Labute approximate surface area is 73.5 Å². The summed E-state index contributed by atoms with van der Waals surface area (Å²) < 4.78 is 70.4. The molecule has 0 aliphatic carbocycles. The Hall–Kier alpha value is -1.06. The van der Waals surface area contributed by atoms with Crippen LogP contribution in [0, 0.1) is 0 Å². The van der Waals surface area contributed by atoms with E-state index in [1.165, 1.54) is 0 Å². The highest BCUT2D eigenvalue weighted by Gasteiger charge is 2.16. The molecule has 4 nitrogen and oxygen atoms in total. The van der Waals surface area contributed by atoms with Gasteiger partial charge in [0, 0.05) is 26.7 Å². The quantitative estimate of drug-likeness (QED) is 0.568. The molecular weight excluding hydrogens is 134 g/mol. The molecule has 4 heteroatoms. The van der Waals surface area contributed by atoms with E-state index in [9.17, 15) is 9.59 Å². The van der Waals surface area contributed by atoms with Gasteiger partial charge in [0.05, 0.1) is 0 Å². The first-order chi connectivity index (χ1) is 8.48. The van der Waals surface area contributed by atoms with Gasteiger partial charge in [-0.15, -0.1) is 0 Å². The lowest BCUT2D eigenvalue weighted by Gasteiger charge is -2.14. The van der Waals surface area contributed by atoms with Crippen LogP contribution in [0.4, 0.5) is 0 Å². The average Bonchev–Trinajstić information content (AvgIpc) is 2.12. The van der Waals surface area contributed by atoms with Crippen molar-refractivity contribution in [3.05, 3.63) is 0 Å². The average molecular weight is 155 g/mol. The molecule has 1 N–H and O–H groups in total. The van der Waals surface area contributed by atoms with Gasteiger partial charge in [0.2, 0.25) is 0 Å². The van der Waals surface area contributed by atoms with Gasteiger partial charge in [0.1, 0.15) is 0 Å². The molecule has 0 aliphatic heterocycles. The summed E-state index contributed by atoms with van der Waals surface area (Å²) in [5, 5.41) is 8.52. The first kappa shape index (κ1) is 1.75. The molecule has 0 aromatic heterocycles. The molecule has 0 heterocycles. The van der Waals surface area contributed by atoms with E-state index in [0.29, 0.717) is 0 Å². The molecule has 0 spiro atoms. The number of hydrogen-bond acceptors (Lipinski definition) is 2. The molecule has 0 aliphatic rings. The SMILES string of the molecule is [2H]C([2H])([2H])C([2H])([2H])N(C(=O)C(=O)O)C([2H])([2H])C([2H])([2H])[2H]. The Morgan fingerprint density at radius 2 is 2.10 bits per heavy atom. The monoisotopic (exact) mass is 155 g/mol. The van der Waals surface area contributed by atoms with E-state index in [1.54, 1.807) is 0 Å². The van der Waals surface area contributed by atoms with Crippen LogP contribution >= 0.6 is 0 Å². The van der Waals surface area contributed by atoms with E-state index >= 15 is 0 Å². The Bertz CT molecular complexity index is 384. The normalized spacial score (nSPS) is 29.2. The molecule has 0 saturated carbocycles. The zero-order valence-electron chi connectivity index (χ0n) is 14.7. The van der Waals surface area contributed by atoms with Crippen LogP contribution < -0.4 is 0 Å². The zero-order chi connectivity index (χ0) is 16.7. The number of carboxylic acids is 1. The number of amides is 1. The van der Waals surface area contributed by atoms with Gasteiger partial charge in [0.25, 0.3) is 0 Å². The third-order valence-electron chi connectivity index (χ3n) is 0.610. The maximum Gasteiger partial charge on any atom is 0.394 e. The van der Waals surface area contributed by atoms with Crippen LogP contribution in [0.25, 0.3) is 0 Å². The Morgan fingerprint density at radius 3 is 2.40 bits per heavy atom. The van der Waals surface area contributed by atoms with Crippen LogP contribution in [-0.2, 0) is 9.59 Å². The van der Waals surface area contributed by atoms with Gasteiger partial charge in [0.15, 0.2) is 0 Å². The lowest BCUT2D eigenvalue weighted by molar-refractivity contribution is -0.155. The first-order valence-corrected chi connectivity index (χ1v) is 2.05. The topological polar surface area (TPSA) is 57.6 Å². The molecule has 0 fully saturated rings. The van der Waals surface area contributed by atoms with Crippen molar-refractivity contribution < 1.29 is 28.4 Å². The Morgan fingerprint density at radius 1 is 1.60 bits per heavy atom. The molecule has 1 amide bonds. The summed E-state index contributed by atoms with van der Waals surface area (Å²) >= 11 is 0. The molecule has 0 radical (unpaired) electrons. The number of carboxylic acid groups (broad SMARTS) is 1. The van der Waals surface area contributed by atoms with E-state index < -0.39 is 43.5 Å². The first-order valence-electron chi connectivity index (χ1n) is 7.05. The van der Waals surface area contributed by atoms with Crippen molar-refractivity contribution in [2.45, 2.75) is 13.7 Å². The fraction of sp³-hybridized carbons (Fsp3) is 0.667. The highest BCUT2D eigenvalue weighted by Crippen LogP contribution is 1.87. The summed E-state index contributed by atoms with van der Waals surface area (Å²) in [6, 6.07) is 0. The summed E-state index contributed by atoms with van der Waals surface area (Å²) in [5.74, 6) is -4.70. The van der Waals surface area contributed by atoms with Crippen molar-refractivity contribution in [2.24, 2.45) is 0 Å². The van der Waals surface area contributed by atoms with E-state index in [1.807, 2.05) is 0 Å². The Balaban J connectivity index is 6.16. The molecule has 0 atom stereocenters. The number of likely N-dealkylation sites (N-methyl/N-ethyl adjacent to an activating group) is 1. The molecule has 0 unspecified atom stereocenters. The Kier molecular flexibility index (Phi) is 0.678. The maximum atomic E-state index is 11.4. The number of carbonyl (C=O) groups is 2. The fourth-order valence-corrected chi connectivity index (χ4v) is 0.225. The van der Waals surface area contributed by atoms with Crippen LogP contribution in [-0.4, -0.2) is 34.9 Å². The second-order valence-corrected chi connectivity index (χ2v) is 1.17. The minimum absolute atomic E-state index is 0.914. The third kappa shape index (κ3) is 2.05. The predicted octanol–water partition coefficient (Wildman–Crippen LogP) is -0.0606. The van der Waals surface area contributed by atoms with E-state index in [0.717, 1.165) is 0 Å². The molecule has 0 rings (SSSR count). The van der Waals surface area contributed by atoms with Crippen LogP contribution in [0.2, 0.25) is 0 Å². The molecular formula is C6H11NO3. The van der Waals surface area contributed by atoms with Gasteiger partial charge in [-0.25, -0.2) is 4.79 Å². The third-order valence-corrected chi connectivity index (χ3v) is 0.610. The van der Waals surface area contributed by atoms with Crippen molar-refractivity contribution in [2.75, 3.05) is 13.0 Å². The molecule has 58 valence electrons. The second kappa shape index (κ2) is 3.87. The number of aliphatic carboxylic acids is 1. The molecule has 0 saturated heterocycles. The summed E-state index contributed by atoms with van der Waals surface area (Å²) in [7, 11) is 0. The lowest BCUT2D eigenvalue weighted by atomic mass is 10.4. The second-order valence-electron chi connectivity index (χ2n) is 1.17. The molecule has 0 aromatic rings. The van der Waals surface area contributed by atoms with E-state index in [-0.39, 0.29) is 0 Å². The van der Waals surface area contributed by atoms with Crippen LogP contribution in [0.1, 0.15) is 27.4 Å². The van der Waals surface area contributed by atoms with Gasteiger partial charge in [-0.3, -0.25) is 4.79 Å².